The molecule has 1 aliphatic rings. The Morgan fingerprint density at radius 2 is 1.86 bits per heavy atom. The Morgan fingerprint density at radius 1 is 1.14 bits per heavy atom. The van der Waals surface area contributed by atoms with Crippen LogP contribution in [0.1, 0.15) is 43.8 Å². The number of aromatic carboxylic acids is 1. The third-order valence-electron chi connectivity index (χ3n) is 5.07. The van der Waals surface area contributed by atoms with Crippen molar-refractivity contribution in [3.63, 3.8) is 0 Å². The van der Waals surface area contributed by atoms with E-state index < -0.39 is 71.0 Å². The van der Waals surface area contributed by atoms with Crippen molar-refractivity contribution < 1.29 is 41.4 Å². The minimum Gasteiger partial charge on any atom is -0.475 e. The quantitative estimate of drug-likeness (QED) is 0.455. The van der Waals surface area contributed by atoms with Crippen molar-refractivity contribution in [1.29, 1.82) is 0 Å². The summed E-state index contributed by atoms with van der Waals surface area (Å²) >= 11 is 6.15. The fourth-order valence-electron chi connectivity index (χ4n) is 3.62. The number of hydrogen-bond donors (Lipinski definition) is 3. The van der Waals surface area contributed by atoms with E-state index in [0.29, 0.717) is 12.1 Å². The van der Waals surface area contributed by atoms with Gasteiger partial charge >= 0.3 is 12.1 Å². The number of hydrogen-bond acceptors (Lipinski definition) is 4. The third kappa shape index (κ3) is 4.67. The highest BCUT2D eigenvalue weighted by Gasteiger charge is 2.36. The second kappa shape index (κ2) is 8.65. The van der Waals surface area contributed by atoms with Crippen LogP contribution in [0.5, 0.6) is 0 Å². The number of aromatic nitrogens is 2. The Hall–Kier alpha value is -4.00. The van der Waals surface area contributed by atoms with E-state index in [0.717, 1.165) is 16.7 Å². The average molecular weight is 515 g/mol. The molecule has 2 aromatic carbocycles. The van der Waals surface area contributed by atoms with Crippen molar-refractivity contribution in [2.45, 2.75) is 18.8 Å². The number of imidazole rings is 1. The van der Waals surface area contributed by atoms with Crippen LogP contribution in [0.25, 0.3) is 0 Å². The maximum absolute atomic E-state index is 13.9. The van der Waals surface area contributed by atoms with Crippen LogP contribution in [0, 0.1) is 11.6 Å². The first-order chi connectivity index (χ1) is 16.3. The third-order valence-corrected chi connectivity index (χ3v) is 5.41. The first-order valence-electron chi connectivity index (χ1n) is 9.62. The van der Waals surface area contributed by atoms with Crippen LogP contribution in [0.3, 0.4) is 0 Å². The molecule has 4 rings (SSSR count). The van der Waals surface area contributed by atoms with Crippen LogP contribution in [0.4, 0.5) is 27.8 Å². The summed E-state index contributed by atoms with van der Waals surface area (Å²) in [6.45, 7) is -0.540. The average Bonchev–Trinajstić information content (AvgIpc) is 3.12. The predicted molar refractivity (Wildman–Crippen MR) is 110 cm³/mol. The smallest absolute Gasteiger partial charge is 0.416 e. The van der Waals surface area contributed by atoms with Crippen LogP contribution in [-0.2, 0) is 17.5 Å². The molecule has 0 saturated heterocycles. The molecular weight excluding hydrogens is 503 g/mol. The molecule has 3 N–H and O–H groups in total. The molecule has 0 saturated carbocycles. The highest BCUT2D eigenvalue weighted by atomic mass is 35.5. The molecule has 35 heavy (non-hydrogen) atoms. The Kier molecular flexibility index (Phi) is 5.97. The lowest BCUT2D eigenvalue weighted by molar-refractivity contribution is -0.137. The molecule has 2 amide bonds. The molecule has 182 valence electrons. The standard InChI is InChI=1S/C21H12ClF5N4O4/c22-13-2-1-10(23)6-12(13)15-16-17(29-18(20(34)35)31(16)7-14(32)28-15)30-19(33)8-3-9(21(25,26)27)5-11(24)4-8/h1-6,15H,7H2,(H,28,32)(H,30,33)(H,34,35)/t15-/m0/s1. The molecule has 1 atom stereocenters. The number of carbonyl (C=O) groups excluding carboxylic acids is 2. The fraction of sp³-hybridized carbons (Fsp3) is 0.143. The van der Waals surface area contributed by atoms with E-state index in [-0.39, 0.29) is 22.3 Å². The first-order valence-corrected chi connectivity index (χ1v) is 10.00. The molecule has 8 nitrogen and oxygen atoms in total. The number of carboxylic acids is 1. The Balaban J connectivity index is 1.83. The fourth-order valence-corrected chi connectivity index (χ4v) is 3.84. The first kappa shape index (κ1) is 24.1. The van der Waals surface area contributed by atoms with Crippen LogP contribution >= 0.6 is 11.6 Å². The summed E-state index contributed by atoms with van der Waals surface area (Å²) in [7, 11) is 0. The highest BCUT2D eigenvalue weighted by Crippen LogP contribution is 2.36. The molecule has 3 aromatic rings. The number of rotatable bonds is 4. The van der Waals surface area contributed by atoms with Crippen LogP contribution < -0.4 is 10.6 Å². The second-order valence-corrected chi connectivity index (χ2v) is 7.81. The number of nitrogens with zero attached hydrogens (tertiary/aromatic N) is 2. The van der Waals surface area contributed by atoms with Crippen LogP contribution in [-0.4, -0.2) is 32.4 Å². The number of halogens is 6. The van der Waals surface area contributed by atoms with Crippen LogP contribution in [0.2, 0.25) is 5.02 Å². The minimum atomic E-state index is -4.94. The predicted octanol–water partition coefficient (Wildman–Crippen LogP) is 4.00. The maximum atomic E-state index is 13.9. The zero-order valence-corrected chi connectivity index (χ0v) is 17.8. The van der Waals surface area contributed by atoms with Gasteiger partial charge in [-0.15, -0.1) is 0 Å². The minimum absolute atomic E-state index is 0.00147. The maximum Gasteiger partial charge on any atom is 0.416 e. The highest BCUT2D eigenvalue weighted by molar-refractivity contribution is 6.31. The van der Waals surface area contributed by atoms with Gasteiger partial charge in [0.1, 0.15) is 18.2 Å². The van der Waals surface area contributed by atoms with E-state index >= 15 is 0 Å². The van der Waals surface area contributed by atoms with Gasteiger partial charge in [-0.25, -0.2) is 18.6 Å². The largest absolute Gasteiger partial charge is 0.475 e. The van der Waals surface area contributed by atoms with Gasteiger partial charge in [0.15, 0.2) is 5.82 Å². The monoisotopic (exact) mass is 514 g/mol. The summed E-state index contributed by atoms with van der Waals surface area (Å²) in [5, 5.41) is 14.2. The number of alkyl halides is 3. The Bertz CT molecular complexity index is 1390. The molecule has 1 aliphatic heterocycles. The number of benzene rings is 2. The Labute approximate surface area is 197 Å². The van der Waals surface area contributed by atoms with Gasteiger partial charge in [0.05, 0.1) is 17.3 Å². The number of carboxylic acid groups (broad SMARTS) is 1. The lowest BCUT2D eigenvalue weighted by atomic mass is 10.0. The molecule has 2 heterocycles. The Morgan fingerprint density at radius 3 is 2.51 bits per heavy atom. The van der Waals surface area contributed by atoms with E-state index in [1.54, 1.807) is 0 Å². The van der Waals surface area contributed by atoms with Gasteiger partial charge in [-0.1, -0.05) is 11.6 Å². The molecule has 0 spiro atoms. The molecule has 14 heteroatoms. The number of fused-ring (bicyclic) bond motifs is 1. The van der Waals surface area contributed by atoms with Gasteiger partial charge in [-0.05, 0) is 36.4 Å². The lowest BCUT2D eigenvalue weighted by Gasteiger charge is -2.27. The number of carbonyl (C=O) groups is 3. The van der Waals surface area contributed by atoms with Crippen molar-refractivity contribution in [3.8, 4) is 0 Å². The molecule has 0 unspecified atom stereocenters. The summed E-state index contributed by atoms with van der Waals surface area (Å²) < 4.78 is 67.8. The molecule has 0 fully saturated rings. The van der Waals surface area contributed by atoms with Crippen molar-refractivity contribution in [2.75, 3.05) is 5.32 Å². The van der Waals surface area contributed by atoms with Crippen molar-refractivity contribution in [2.24, 2.45) is 0 Å². The van der Waals surface area contributed by atoms with Gasteiger partial charge in [0.2, 0.25) is 11.7 Å². The summed E-state index contributed by atoms with van der Waals surface area (Å²) in [4.78, 5) is 40.5. The molecule has 1 aromatic heterocycles. The van der Waals surface area contributed by atoms with Crippen molar-refractivity contribution in [3.05, 3.63) is 81.3 Å². The summed E-state index contributed by atoms with van der Waals surface area (Å²) in [5.41, 5.74) is -2.28. The summed E-state index contributed by atoms with van der Waals surface area (Å²) in [6.07, 6.45) is -4.94. The zero-order chi connectivity index (χ0) is 25.7. The number of anilines is 1. The van der Waals surface area contributed by atoms with Gasteiger partial charge in [0.25, 0.3) is 5.91 Å². The molecule has 0 radical (unpaired) electrons. The molecule has 0 bridgehead atoms. The molecule has 0 aliphatic carbocycles. The lowest BCUT2D eigenvalue weighted by Crippen LogP contribution is -2.40. The molecular formula is C21H12ClF5N4O4. The van der Waals surface area contributed by atoms with Crippen molar-refractivity contribution in [1.82, 2.24) is 14.9 Å². The zero-order valence-electron chi connectivity index (χ0n) is 17.1. The number of amides is 2. The van der Waals surface area contributed by atoms with Gasteiger partial charge in [-0.2, -0.15) is 13.2 Å². The van der Waals surface area contributed by atoms with E-state index in [9.17, 15) is 41.4 Å². The van der Waals surface area contributed by atoms with Crippen molar-refractivity contribution >= 4 is 35.2 Å². The van der Waals surface area contributed by atoms with E-state index in [2.05, 4.69) is 15.6 Å². The van der Waals surface area contributed by atoms with E-state index in [1.807, 2.05) is 0 Å². The normalized spacial score (nSPS) is 15.4. The van der Waals surface area contributed by atoms with Crippen LogP contribution in [0.15, 0.2) is 36.4 Å². The van der Waals surface area contributed by atoms with E-state index in [1.165, 1.54) is 6.07 Å². The summed E-state index contributed by atoms with van der Waals surface area (Å²) in [6, 6.07) is 3.08. The van der Waals surface area contributed by atoms with Gasteiger partial charge in [0, 0.05) is 16.1 Å². The number of nitrogens with one attached hydrogen (secondary N) is 2. The second-order valence-electron chi connectivity index (χ2n) is 7.41. The van der Waals surface area contributed by atoms with E-state index in [4.69, 9.17) is 11.6 Å². The summed E-state index contributed by atoms with van der Waals surface area (Å²) in [5.74, 6) is -6.72. The van der Waals surface area contributed by atoms with Gasteiger partial charge in [-0.3, -0.25) is 9.59 Å². The topological polar surface area (TPSA) is 113 Å². The SMILES string of the molecule is O=C1Cn2c(C(=O)O)nc(NC(=O)c3cc(F)cc(C(F)(F)F)c3)c2[C@H](c2cc(F)ccc2Cl)N1. The van der Waals surface area contributed by atoms with Gasteiger partial charge < -0.3 is 20.3 Å².